The minimum Gasteiger partial charge on any atom is -0.392 e. The van der Waals surface area contributed by atoms with Gasteiger partial charge in [-0.15, -0.1) is 0 Å². The third kappa shape index (κ3) is 3.41. The van der Waals surface area contributed by atoms with E-state index in [0.29, 0.717) is 12.4 Å². The number of benzene rings is 1. The summed E-state index contributed by atoms with van der Waals surface area (Å²) in [6.07, 6.45) is 3.65. The molecular weight excluding hydrogens is 320 g/mol. The van der Waals surface area contributed by atoms with E-state index >= 15 is 0 Å². The maximum atomic E-state index is 12.7. The number of aromatic nitrogens is 2. The summed E-state index contributed by atoms with van der Waals surface area (Å²) in [5.41, 5.74) is 1.71. The Hall–Kier alpha value is -2.67. The van der Waals surface area contributed by atoms with E-state index < -0.39 is 5.92 Å². The number of aliphatic hydroxyl groups is 1. The average molecular weight is 342 g/mol. The van der Waals surface area contributed by atoms with Gasteiger partial charge in [-0.2, -0.15) is 0 Å². The first kappa shape index (κ1) is 17.2. The molecule has 1 aliphatic heterocycles. The summed E-state index contributed by atoms with van der Waals surface area (Å²) in [5.74, 6) is 0.00549. The molecule has 2 heterocycles. The molecule has 2 aromatic rings. The van der Waals surface area contributed by atoms with Crippen LogP contribution in [0.15, 0.2) is 36.7 Å². The van der Waals surface area contributed by atoms with Crippen molar-refractivity contribution in [2.75, 3.05) is 7.05 Å². The molecule has 1 aromatic carbocycles. The minimum absolute atomic E-state index is 0.0368. The largest absolute Gasteiger partial charge is 0.392 e. The van der Waals surface area contributed by atoms with Crippen molar-refractivity contribution in [2.45, 2.75) is 25.6 Å². The number of hydrogen-bond donors (Lipinski definition) is 2. The van der Waals surface area contributed by atoms with Gasteiger partial charge in [-0.05, 0) is 11.1 Å². The van der Waals surface area contributed by atoms with Crippen LogP contribution in [-0.4, -0.2) is 38.4 Å². The van der Waals surface area contributed by atoms with E-state index in [0.717, 1.165) is 11.1 Å². The summed E-state index contributed by atoms with van der Waals surface area (Å²) < 4.78 is 1.84. The molecule has 0 unspecified atom stereocenters. The lowest BCUT2D eigenvalue weighted by Gasteiger charge is -2.24. The number of rotatable bonds is 5. The summed E-state index contributed by atoms with van der Waals surface area (Å²) in [6.45, 7) is 0.319. The fourth-order valence-electron chi connectivity index (χ4n) is 3.28. The molecule has 0 aliphatic carbocycles. The van der Waals surface area contributed by atoms with Crippen LogP contribution in [0, 0.1) is 5.92 Å². The topological polar surface area (TPSA) is 87.5 Å². The highest BCUT2D eigenvalue weighted by atomic mass is 16.3. The predicted molar refractivity (Wildman–Crippen MR) is 91.0 cm³/mol. The van der Waals surface area contributed by atoms with Crippen molar-refractivity contribution in [2.24, 2.45) is 13.0 Å². The normalized spacial score (nSPS) is 20.1. The number of likely N-dealkylation sites (tertiary alicyclic amines) is 1. The molecule has 7 heteroatoms. The first-order valence-electron chi connectivity index (χ1n) is 8.20. The van der Waals surface area contributed by atoms with Gasteiger partial charge in [-0.1, -0.05) is 24.3 Å². The van der Waals surface area contributed by atoms with Gasteiger partial charge in [-0.3, -0.25) is 9.59 Å². The van der Waals surface area contributed by atoms with Crippen molar-refractivity contribution < 1.29 is 14.7 Å². The van der Waals surface area contributed by atoms with Gasteiger partial charge in [0.1, 0.15) is 11.9 Å². The quantitative estimate of drug-likeness (QED) is 0.839. The lowest BCUT2D eigenvalue weighted by molar-refractivity contribution is -0.128. The van der Waals surface area contributed by atoms with E-state index in [1.165, 1.54) is 0 Å². The highest BCUT2D eigenvalue weighted by molar-refractivity contribution is 5.90. The molecule has 1 aliphatic rings. The number of nitrogens with zero attached hydrogens (tertiary/aromatic N) is 3. The molecule has 1 aromatic heterocycles. The van der Waals surface area contributed by atoms with Crippen molar-refractivity contribution in [3.05, 3.63) is 53.6 Å². The fraction of sp³-hybridized carbons (Fsp3) is 0.389. The molecule has 1 saturated heterocycles. The molecule has 3 rings (SSSR count). The highest BCUT2D eigenvalue weighted by Crippen LogP contribution is 2.36. The van der Waals surface area contributed by atoms with E-state index in [9.17, 15) is 14.7 Å². The van der Waals surface area contributed by atoms with Crippen LogP contribution >= 0.6 is 0 Å². The van der Waals surface area contributed by atoms with Crippen LogP contribution in [0.1, 0.15) is 29.4 Å². The molecule has 25 heavy (non-hydrogen) atoms. The second-order valence-electron chi connectivity index (χ2n) is 6.35. The second kappa shape index (κ2) is 7.06. The molecule has 2 N–H and O–H groups in total. The van der Waals surface area contributed by atoms with Gasteiger partial charge in [0, 0.05) is 39.5 Å². The van der Waals surface area contributed by atoms with Crippen molar-refractivity contribution >= 4 is 11.8 Å². The van der Waals surface area contributed by atoms with Gasteiger partial charge < -0.3 is 19.9 Å². The molecule has 0 radical (unpaired) electrons. The van der Waals surface area contributed by atoms with Gasteiger partial charge in [0.15, 0.2) is 0 Å². The number of carbonyl (C=O) groups is 2. The summed E-state index contributed by atoms with van der Waals surface area (Å²) in [6, 6.07) is 7.05. The monoisotopic (exact) mass is 342 g/mol. The van der Waals surface area contributed by atoms with E-state index in [4.69, 9.17) is 0 Å². The Morgan fingerprint density at radius 2 is 2.12 bits per heavy atom. The van der Waals surface area contributed by atoms with E-state index in [1.54, 1.807) is 24.3 Å². The average Bonchev–Trinajstić information content (AvgIpc) is 3.16. The number of aliphatic hydroxyl groups excluding tert-OH is 1. The van der Waals surface area contributed by atoms with Crippen molar-refractivity contribution in [3.8, 4) is 0 Å². The molecular formula is C18H22N4O3. The van der Waals surface area contributed by atoms with Crippen molar-refractivity contribution in [3.63, 3.8) is 0 Å². The fourth-order valence-corrected chi connectivity index (χ4v) is 3.28. The molecule has 0 bridgehead atoms. The van der Waals surface area contributed by atoms with Crippen LogP contribution in [0.3, 0.4) is 0 Å². The Kier molecular flexibility index (Phi) is 4.85. The number of imidazole rings is 1. The van der Waals surface area contributed by atoms with Gasteiger partial charge >= 0.3 is 0 Å². The summed E-state index contributed by atoms with van der Waals surface area (Å²) in [7, 11) is 3.56. The smallest absolute Gasteiger partial charge is 0.226 e. The summed E-state index contributed by atoms with van der Waals surface area (Å²) in [5, 5.41) is 12.1. The molecule has 132 valence electrons. The number of aryl methyl sites for hydroxylation is 1. The Labute approximate surface area is 146 Å². The van der Waals surface area contributed by atoms with Crippen molar-refractivity contribution in [1.29, 1.82) is 0 Å². The molecule has 2 amide bonds. The SMILES string of the molecule is CN1C(=O)C[C@H](C(=O)NCc2cccc(CO)c2)[C@H]1c1nccn1C. The van der Waals surface area contributed by atoms with Crippen molar-refractivity contribution in [1.82, 2.24) is 19.8 Å². The summed E-state index contributed by atoms with van der Waals surface area (Å²) >= 11 is 0. The molecule has 1 fully saturated rings. The summed E-state index contributed by atoms with van der Waals surface area (Å²) in [4.78, 5) is 30.8. The standard InChI is InChI=1S/C18H22N4O3/c1-21-7-6-19-17(21)16-14(9-15(24)22(16)2)18(25)20-10-12-4-3-5-13(8-12)11-23/h3-8,14,16,23H,9-11H2,1-2H3,(H,20,25)/t14-,16-/m0/s1. The maximum absolute atomic E-state index is 12.7. The zero-order valence-electron chi connectivity index (χ0n) is 14.3. The van der Waals surface area contributed by atoms with Crippen LogP contribution in [0.2, 0.25) is 0 Å². The van der Waals surface area contributed by atoms with Gasteiger partial charge in [0.25, 0.3) is 0 Å². The predicted octanol–water partition coefficient (Wildman–Crippen LogP) is 0.748. The third-order valence-electron chi connectivity index (χ3n) is 4.69. The van der Waals surface area contributed by atoms with Crippen LogP contribution in [-0.2, 0) is 29.8 Å². The first-order chi connectivity index (χ1) is 12.0. The number of carbonyl (C=O) groups excluding carboxylic acids is 2. The van der Waals surface area contributed by atoms with Gasteiger partial charge in [0.2, 0.25) is 11.8 Å². The molecule has 0 spiro atoms. The zero-order valence-corrected chi connectivity index (χ0v) is 14.3. The Morgan fingerprint density at radius 1 is 1.36 bits per heavy atom. The highest BCUT2D eigenvalue weighted by Gasteiger charge is 2.44. The first-order valence-corrected chi connectivity index (χ1v) is 8.20. The van der Waals surface area contributed by atoms with Crippen LogP contribution < -0.4 is 5.32 Å². The molecule has 2 atom stereocenters. The van der Waals surface area contributed by atoms with Gasteiger partial charge in [-0.25, -0.2) is 4.98 Å². The van der Waals surface area contributed by atoms with Crippen LogP contribution in [0.5, 0.6) is 0 Å². The second-order valence-corrected chi connectivity index (χ2v) is 6.35. The third-order valence-corrected chi connectivity index (χ3v) is 4.69. The van der Waals surface area contributed by atoms with E-state index in [-0.39, 0.29) is 30.9 Å². The van der Waals surface area contributed by atoms with Crippen LogP contribution in [0.4, 0.5) is 0 Å². The van der Waals surface area contributed by atoms with Gasteiger partial charge in [0.05, 0.1) is 12.5 Å². The molecule has 7 nitrogen and oxygen atoms in total. The lowest BCUT2D eigenvalue weighted by Crippen LogP contribution is -2.35. The lowest BCUT2D eigenvalue weighted by atomic mass is 9.98. The zero-order chi connectivity index (χ0) is 18.0. The van der Waals surface area contributed by atoms with E-state index in [1.807, 2.05) is 35.9 Å². The van der Waals surface area contributed by atoms with E-state index in [2.05, 4.69) is 10.3 Å². The number of hydrogen-bond acceptors (Lipinski definition) is 4. The Balaban J connectivity index is 1.73. The Bertz CT molecular complexity index is 786. The minimum atomic E-state index is -0.473. The van der Waals surface area contributed by atoms with Crippen LogP contribution in [0.25, 0.3) is 0 Å². The Morgan fingerprint density at radius 3 is 2.80 bits per heavy atom. The molecule has 0 saturated carbocycles. The number of nitrogens with one attached hydrogen (secondary N) is 1. The number of amides is 2. The maximum Gasteiger partial charge on any atom is 0.226 e.